The van der Waals surface area contributed by atoms with E-state index >= 15 is 0 Å². The summed E-state index contributed by atoms with van der Waals surface area (Å²) in [6.07, 6.45) is 4.67. The second-order valence-electron chi connectivity index (χ2n) is 8.05. The zero-order chi connectivity index (χ0) is 19.0. The number of rotatable bonds is 5. The topological polar surface area (TPSA) is 59.1 Å². The Balaban J connectivity index is 1.50. The van der Waals surface area contributed by atoms with Crippen LogP contribution in [0.5, 0.6) is 11.5 Å². The third-order valence-electron chi connectivity index (χ3n) is 6.26. The lowest BCUT2D eigenvalue weighted by Gasteiger charge is -2.39. The van der Waals surface area contributed by atoms with Gasteiger partial charge >= 0.3 is 0 Å². The van der Waals surface area contributed by atoms with Gasteiger partial charge < -0.3 is 19.3 Å². The van der Waals surface area contributed by atoms with Crippen LogP contribution in [0.1, 0.15) is 37.7 Å². The first-order valence-corrected chi connectivity index (χ1v) is 9.86. The average molecular weight is 372 g/mol. The highest BCUT2D eigenvalue weighted by atomic mass is 16.5. The van der Waals surface area contributed by atoms with Crippen molar-refractivity contribution in [1.29, 1.82) is 0 Å². The molecular formula is C21H28N2O4. The molecule has 1 atom stereocenters. The number of carbonyl (C=O) groups is 2. The minimum Gasteiger partial charge on any atom is -0.493 e. The van der Waals surface area contributed by atoms with Crippen LogP contribution in [0.4, 0.5) is 0 Å². The van der Waals surface area contributed by atoms with Crippen LogP contribution in [-0.4, -0.2) is 55.5 Å². The number of para-hydroxylation sites is 1. The molecule has 1 aromatic rings. The largest absolute Gasteiger partial charge is 0.493 e. The van der Waals surface area contributed by atoms with Gasteiger partial charge in [0, 0.05) is 37.7 Å². The minimum atomic E-state index is -0.394. The predicted molar refractivity (Wildman–Crippen MR) is 101 cm³/mol. The van der Waals surface area contributed by atoms with Crippen molar-refractivity contribution in [3.05, 3.63) is 23.8 Å². The molecular weight excluding hydrogens is 344 g/mol. The van der Waals surface area contributed by atoms with E-state index in [1.807, 2.05) is 28.0 Å². The molecule has 1 aromatic carbocycles. The zero-order valence-electron chi connectivity index (χ0n) is 16.2. The Hall–Kier alpha value is -2.24. The van der Waals surface area contributed by atoms with Crippen LogP contribution in [0.25, 0.3) is 0 Å². The number of piperidine rings is 1. The Morgan fingerprint density at radius 3 is 2.70 bits per heavy atom. The summed E-state index contributed by atoms with van der Waals surface area (Å²) < 4.78 is 10.9. The van der Waals surface area contributed by atoms with Crippen LogP contribution in [0.3, 0.4) is 0 Å². The van der Waals surface area contributed by atoms with Crippen LogP contribution < -0.4 is 9.47 Å². The molecule has 0 N–H and O–H groups in total. The molecule has 1 aliphatic carbocycles. The van der Waals surface area contributed by atoms with Gasteiger partial charge in [0.1, 0.15) is 0 Å². The van der Waals surface area contributed by atoms with E-state index in [0.717, 1.165) is 50.8 Å². The molecule has 2 aliphatic heterocycles. The van der Waals surface area contributed by atoms with Gasteiger partial charge in [0.15, 0.2) is 11.5 Å². The fourth-order valence-corrected chi connectivity index (χ4v) is 4.61. The summed E-state index contributed by atoms with van der Waals surface area (Å²) in [6, 6.07) is 5.76. The fourth-order valence-electron chi connectivity index (χ4n) is 4.61. The van der Waals surface area contributed by atoms with Crippen molar-refractivity contribution in [3.8, 4) is 11.5 Å². The highest BCUT2D eigenvalue weighted by molar-refractivity contribution is 5.87. The van der Waals surface area contributed by atoms with Crippen LogP contribution in [0.2, 0.25) is 0 Å². The molecule has 0 bridgehead atoms. The second-order valence-corrected chi connectivity index (χ2v) is 8.05. The van der Waals surface area contributed by atoms with Gasteiger partial charge in [0.2, 0.25) is 11.8 Å². The highest BCUT2D eigenvalue weighted by Crippen LogP contribution is 2.43. The van der Waals surface area contributed by atoms with Gasteiger partial charge in [-0.2, -0.15) is 0 Å². The van der Waals surface area contributed by atoms with E-state index in [1.54, 1.807) is 14.2 Å². The van der Waals surface area contributed by atoms with Crippen LogP contribution >= 0.6 is 0 Å². The molecule has 2 amide bonds. The van der Waals surface area contributed by atoms with Crippen molar-refractivity contribution in [1.82, 2.24) is 9.80 Å². The van der Waals surface area contributed by atoms with E-state index in [9.17, 15) is 9.59 Å². The maximum absolute atomic E-state index is 13.4. The first-order valence-electron chi connectivity index (χ1n) is 9.86. The maximum Gasteiger partial charge on any atom is 0.230 e. The molecule has 3 fully saturated rings. The summed E-state index contributed by atoms with van der Waals surface area (Å²) in [5.41, 5.74) is 0.556. The Morgan fingerprint density at radius 2 is 2.00 bits per heavy atom. The molecule has 1 saturated carbocycles. The molecule has 27 heavy (non-hydrogen) atoms. The fraction of sp³-hybridized carbons (Fsp3) is 0.619. The van der Waals surface area contributed by atoms with E-state index in [4.69, 9.17) is 9.47 Å². The van der Waals surface area contributed by atoms with E-state index in [-0.39, 0.29) is 17.7 Å². The van der Waals surface area contributed by atoms with E-state index < -0.39 is 5.41 Å². The van der Waals surface area contributed by atoms with Gasteiger partial charge in [-0.05, 0) is 38.2 Å². The zero-order valence-corrected chi connectivity index (χ0v) is 16.2. The summed E-state index contributed by atoms with van der Waals surface area (Å²) in [7, 11) is 3.24. The summed E-state index contributed by atoms with van der Waals surface area (Å²) in [5, 5.41) is 0. The number of carbonyl (C=O) groups excluding carboxylic acids is 2. The summed E-state index contributed by atoms with van der Waals surface area (Å²) in [6.45, 7) is 2.57. The van der Waals surface area contributed by atoms with Crippen LogP contribution in [-0.2, 0) is 16.1 Å². The normalized spacial score (nSPS) is 25.2. The number of hydrogen-bond acceptors (Lipinski definition) is 4. The highest BCUT2D eigenvalue weighted by Gasteiger charge is 2.50. The Bertz CT molecular complexity index is 746. The molecule has 0 aromatic heterocycles. The number of amides is 2. The third-order valence-corrected chi connectivity index (χ3v) is 6.26. The first kappa shape index (κ1) is 18.1. The minimum absolute atomic E-state index is 0.185. The number of ether oxygens (including phenoxy) is 2. The molecule has 6 heteroatoms. The lowest BCUT2D eigenvalue weighted by molar-refractivity contribution is -0.147. The molecule has 3 aliphatic rings. The van der Waals surface area contributed by atoms with Crippen molar-refractivity contribution < 1.29 is 19.1 Å². The quantitative estimate of drug-likeness (QED) is 0.797. The summed E-state index contributed by atoms with van der Waals surface area (Å²) >= 11 is 0. The van der Waals surface area contributed by atoms with Crippen molar-refractivity contribution in [2.45, 2.75) is 38.6 Å². The molecule has 146 valence electrons. The molecule has 1 spiro atoms. The molecule has 2 saturated heterocycles. The average Bonchev–Trinajstić information content (AvgIpc) is 3.45. The number of likely N-dealkylation sites (tertiary alicyclic amines) is 2. The third kappa shape index (κ3) is 3.26. The number of methoxy groups -OCH3 is 2. The van der Waals surface area contributed by atoms with Crippen molar-refractivity contribution in [2.24, 2.45) is 11.3 Å². The SMILES string of the molecule is COc1cccc(CN2CCC[C@]3(CCN(C(=O)C4CC4)C3)C2=O)c1OC. The van der Waals surface area contributed by atoms with E-state index in [0.29, 0.717) is 24.6 Å². The first-order chi connectivity index (χ1) is 13.1. The molecule has 0 unspecified atom stereocenters. The van der Waals surface area contributed by atoms with Crippen molar-refractivity contribution in [3.63, 3.8) is 0 Å². The van der Waals surface area contributed by atoms with Gasteiger partial charge in [-0.1, -0.05) is 12.1 Å². The molecule has 4 rings (SSSR count). The molecule has 6 nitrogen and oxygen atoms in total. The maximum atomic E-state index is 13.4. The Labute approximate surface area is 160 Å². The van der Waals surface area contributed by atoms with Gasteiger partial charge in [-0.25, -0.2) is 0 Å². The number of benzene rings is 1. The lowest BCUT2D eigenvalue weighted by Crippen LogP contribution is -2.50. The van der Waals surface area contributed by atoms with Crippen molar-refractivity contribution >= 4 is 11.8 Å². The number of nitrogens with zero attached hydrogens (tertiary/aromatic N) is 2. The number of hydrogen-bond donors (Lipinski definition) is 0. The van der Waals surface area contributed by atoms with E-state index in [2.05, 4.69) is 0 Å². The van der Waals surface area contributed by atoms with Gasteiger partial charge in [0.25, 0.3) is 0 Å². The summed E-state index contributed by atoms with van der Waals surface area (Å²) in [4.78, 5) is 29.7. The van der Waals surface area contributed by atoms with Crippen LogP contribution in [0.15, 0.2) is 18.2 Å². The van der Waals surface area contributed by atoms with Crippen LogP contribution in [0, 0.1) is 11.3 Å². The van der Waals surface area contributed by atoms with Gasteiger partial charge in [-0.3, -0.25) is 9.59 Å². The monoisotopic (exact) mass is 372 g/mol. The predicted octanol–water partition coefficient (Wildman–Crippen LogP) is 2.45. The second kappa shape index (κ2) is 7.06. The smallest absolute Gasteiger partial charge is 0.230 e. The molecule has 0 radical (unpaired) electrons. The Morgan fingerprint density at radius 1 is 1.19 bits per heavy atom. The van der Waals surface area contributed by atoms with Gasteiger partial charge in [-0.15, -0.1) is 0 Å². The lowest BCUT2D eigenvalue weighted by atomic mass is 9.78. The van der Waals surface area contributed by atoms with Gasteiger partial charge in [0.05, 0.1) is 19.6 Å². The molecule has 2 heterocycles. The Kier molecular flexibility index (Phi) is 4.74. The van der Waals surface area contributed by atoms with E-state index in [1.165, 1.54) is 0 Å². The summed E-state index contributed by atoms with van der Waals surface area (Å²) in [5.74, 6) is 2.02. The standard InChI is InChI=1S/C21H28N2O4/c1-26-17-6-3-5-16(18(17)27-2)13-22-11-4-9-21(20(22)25)10-12-23(14-21)19(24)15-7-8-15/h3,5-6,15H,4,7-14H2,1-2H3/t21-/m1/s1. The van der Waals surface area contributed by atoms with Crippen molar-refractivity contribution in [2.75, 3.05) is 33.9 Å².